The Balaban J connectivity index is 1.49. The van der Waals surface area contributed by atoms with Gasteiger partial charge in [-0.15, -0.1) is 10.2 Å². The van der Waals surface area contributed by atoms with Gasteiger partial charge in [0.15, 0.2) is 0 Å². The van der Waals surface area contributed by atoms with Crippen molar-refractivity contribution >= 4 is 33.8 Å². The number of benzene rings is 1. The highest BCUT2D eigenvalue weighted by molar-refractivity contribution is 7.15. The lowest BCUT2D eigenvalue weighted by atomic mass is 9.90. The number of hydrogen-bond acceptors (Lipinski definition) is 7. The Morgan fingerprint density at radius 2 is 1.83 bits per heavy atom. The van der Waals surface area contributed by atoms with Gasteiger partial charge in [0.05, 0.1) is 4.92 Å². The van der Waals surface area contributed by atoms with Crippen LogP contribution in [0.2, 0.25) is 0 Å². The van der Waals surface area contributed by atoms with Crippen molar-refractivity contribution in [2.45, 2.75) is 57.3 Å². The molecular formula is C20H25N5O3S. The molecule has 0 atom stereocenters. The van der Waals surface area contributed by atoms with Crippen LogP contribution >= 0.6 is 11.3 Å². The Labute approximate surface area is 173 Å². The van der Waals surface area contributed by atoms with Crippen LogP contribution in [0.3, 0.4) is 0 Å². The van der Waals surface area contributed by atoms with Gasteiger partial charge >= 0.3 is 0 Å². The maximum absolute atomic E-state index is 12.7. The Morgan fingerprint density at radius 1 is 1.10 bits per heavy atom. The molecule has 1 amide bonds. The summed E-state index contributed by atoms with van der Waals surface area (Å²) in [5.74, 6) is 0.0291. The summed E-state index contributed by atoms with van der Waals surface area (Å²) in [5.41, 5.74) is 0.813. The van der Waals surface area contributed by atoms with Crippen LogP contribution in [0.4, 0.5) is 16.5 Å². The number of piperidine rings is 1. The lowest BCUT2D eigenvalue weighted by molar-refractivity contribution is -0.384. The number of aromatic nitrogens is 2. The van der Waals surface area contributed by atoms with Crippen LogP contribution in [-0.2, 0) is 0 Å². The first-order valence-electron chi connectivity index (χ1n) is 10.3. The molecule has 29 heavy (non-hydrogen) atoms. The van der Waals surface area contributed by atoms with Gasteiger partial charge in [-0.1, -0.05) is 30.6 Å². The van der Waals surface area contributed by atoms with Crippen LogP contribution in [0.15, 0.2) is 18.2 Å². The summed E-state index contributed by atoms with van der Waals surface area (Å²) in [6, 6.07) is 4.70. The van der Waals surface area contributed by atoms with Crippen LogP contribution in [-0.4, -0.2) is 34.1 Å². The smallest absolute Gasteiger partial charge is 0.293 e. The summed E-state index contributed by atoms with van der Waals surface area (Å²) in [4.78, 5) is 25.9. The van der Waals surface area contributed by atoms with Crippen molar-refractivity contribution in [1.29, 1.82) is 0 Å². The van der Waals surface area contributed by atoms with E-state index in [2.05, 4.69) is 15.5 Å². The van der Waals surface area contributed by atoms with E-state index in [0.717, 1.165) is 50.2 Å². The number of rotatable bonds is 5. The number of carbonyl (C=O) groups is 1. The highest BCUT2D eigenvalue weighted by atomic mass is 32.1. The zero-order valence-corrected chi connectivity index (χ0v) is 17.1. The van der Waals surface area contributed by atoms with Crippen LogP contribution in [0.25, 0.3) is 0 Å². The van der Waals surface area contributed by atoms with E-state index < -0.39 is 10.8 Å². The summed E-state index contributed by atoms with van der Waals surface area (Å²) in [5, 5.41) is 24.1. The Morgan fingerprint density at radius 3 is 2.55 bits per heavy atom. The number of nitro groups is 1. The van der Waals surface area contributed by atoms with Gasteiger partial charge in [-0.05, 0) is 44.2 Å². The molecule has 2 aliphatic rings. The zero-order valence-electron chi connectivity index (χ0n) is 16.3. The molecule has 4 rings (SSSR count). The van der Waals surface area contributed by atoms with Gasteiger partial charge in [0.1, 0.15) is 10.7 Å². The molecule has 1 aromatic heterocycles. The molecule has 1 aliphatic heterocycles. The van der Waals surface area contributed by atoms with Crippen molar-refractivity contribution < 1.29 is 9.72 Å². The largest absolute Gasteiger partial charge is 0.366 e. The molecule has 9 heteroatoms. The van der Waals surface area contributed by atoms with E-state index in [1.54, 1.807) is 12.1 Å². The van der Waals surface area contributed by atoms with E-state index in [4.69, 9.17) is 0 Å². The lowest BCUT2D eigenvalue weighted by Crippen LogP contribution is -2.30. The molecule has 8 nitrogen and oxygen atoms in total. The van der Waals surface area contributed by atoms with Gasteiger partial charge in [-0.3, -0.25) is 20.2 Å². The topological polar surface area (TPSA) is 101 Å². The molecule has 0 unspecified atom stereocenters. The Bertz CT molecular complexity index is 888. The quantitative estimate of drug-likeness (QED) is 0.559. The van der Waals surface area contributed by atoms with Crippen molar-refractivity contribution in [2.24, 2.45) is 0 Å². The second-order valence-corrected chi connectivity index (χ2v) is 8.75. The van der Waals surface area contributed by atoms with E-state index >= 15 is 0 Å². The van der Waals surface area contributed by atoms with Gasteiger partial charge < -0.3 is 4.90 Å². The number of nitrogens with zero attached hydrogens (tertiary/aromatic N) is 4. The fourth-order valence-corrected chi connectivity index (χ4v) is 5.09. The molecule has 2 aromatic rings. The Kier molecular flexibility index (Phi) is 6.03. The van der Waals surface area contributed by atoms with E-state index in [1.165, 1.54) is 36.7 Å². The third-order valence-corrected chi connectivity index (χ3v) is 6.75. The van der Waals surface area contributed by atoms with E-state index in [9.17, 15) is 14.9 Å². The van der Waals surface area contributed by atoms with Crippen molar-refractivity contribution in [3.05, 3.63) is 38.9 Å². The summed E-state index contributed by atoms with van der Waals surface area (Å²) >= 11 is 1.40. The molecule has 2 fully saturated rings. The fraction of sp³-hybridized carbons (Fsp3) is 0.550. The van der Waals surface area contributed by atoms with Crippen LogP contribution < -0.4 is 10.2 Å². The van der Waals surface area contributed by atoms with E-state index in [1.807, 2.05) is 4.90 Å². The van der Waals surface area contributed by atoms with Crippen LogP contribution in [0.1, 0.15) is 72.7 Å². The van der Waals surface area contributed by atoms with Gasteiger partial charge in [0, 0.05) is 30.6 Å². The van der Waals surface area contributed by atoms with Crippen LogP contribution in [0, 0.1) is 10.1 Å². The predicted molar refractivity (Wildman–Crippen MR) is 113 cm³/mol. The molecule has 0 bridgehead atoms. The molecule has 2 heterocycles. The summed E-state index contributed by atoms with van der Waals surface area (Å²) in [6.45, 7) is 1.61. The summed E-state index contributed by atoms with van der Waals surface area (Å²) in [6.07, 6.45) is 9.12. The molecule has 1 saturated heterocycles. The predicted octanol–water partition coefficient (Wildman–Crippen LogP) is 4.74. The highest BCUT2D eigenvalue weighted by Crippen LogP contribution is 2.35. The molecule has 1 aliphatic carbocycles. The maximum atomic E-state index is 12.7. The first-order valence-corrected chi connectivity index (χ1v) is 11.1. The van der Waals surface area contributed by atoms with Crippen molar-refractivity contribution in [3.63, 3.8) is 0 Å². The van der Waals surface area contributed by atoms with Crippen LogP contribution in [0.5, 0.6) is 0 Å². The molecule has 154 valence electrons. The zero-order chi connectivity index (χ0) is 20.2. The molecule has 0 radical (unpaired) electrons. The average Bonchev–Trinajstić information content (AvgIpc) is 3.23. The number of nitrogens with one attached hydrogen (secondary N) is 1. The molecule has 1 saturated carbocycles. The van der Waals surface area contributed by atoms with Gasteiger partial charge in [0.2, 0.25) is 5.13 Å². The standard InChI is InChI=1S/C20H25N5O3S/c26-18(21-20-23-22-19(29-20)14-7-3-1-4-8-14)15-9-10-16(17(13-15)25(27)28)24-11-5-2-6-12-24/h9-10,13-14H,1-8,11-12H2,(H,21,23,26). The van der Waals surface area contributed by atoms with Gasteiger partial charge in [0.25, 0.3) is 11.6 Å². The minimum Gasteiger partial charge on any atom is -0.366 e. The average molecular weight is 416 g/mol. The van der Waals surface area contributed by atoms with Crippen molar-refractivity contribution in [3.8, 4) is 0 Å². The van der Waals surface area contributed by atoms with Gasteiger partial charge in [-0.25, -0.2) is 0 Å². The first kappa shape index (κ1) is 19.8. The highest BCUT2D eigenvalue weighted by Gasteiger charge is 2.24. The molecule has 0 spiro atoms. The number of hydrogen-bond donors (Lipinski definition) is 1. The number of nitro benzene ring substituents is 1. The number of amides is 1. The second kappa shape index (κ2) is 8.86. The third-order valence-electron chi connectivity index (χ3n) is 5.75. The lowest BCUT2D eigenvalue weighted by Gasteiger charge is -2.28. The van der Waals surface area contributed by atoms with Crippen molar-refractivity contribution in [2.75, 3.05) is 23.3 Å². The molecule has 1 N–H and O–H groups in total. The van der Waals surface area contributed by atoms with Gasteiger partial charge in [-0.2, -0.15) is 0 Å². The molecule has 1 aromatic carbocycles. The first-order chi connectivity index (χ1) is 14.1. The monoisotopic (exact) mass is 415 g/mol. The SMILES string of the molecule is O=C(Nc1nnc(C2CCCCC2)s1)c1ccc(N2CCCCC2)c([N+](=O)[O-])c1. The third kappa shape index (κ3) is 4.55. The minimum atomic E-state index is -0.410. The molecular weight excluding hydrogens is 390 g/mol. The second-order valence-electron chi connectivity index (χ2n) is 7.74. The van der Waals surface area contributed by atoms with E-state index in [0.29, 0.717) is 16.7 Å². The van der Waals surface area contributed by atoms with Crippen molar-refractivity contribution in [1.82, 2.24) is 10.2 Å². The normalized spacial score (nSPS) is 17.9. The summed E-state index contributed by atoms with van der Waals surface area (Å²) in [7, 11) is 0. The van der Waals surface area contributed by atoms with E-state index in [-0.39, 0.29) is 11.3 Å². The maximum Gasteiger partial charge on any atom is 0.293 e. The summed E-state index contributed by atoms with van der Waals surface area (Å²) < 4.78 is 0. The minimum absolute atomic E-state index is 0.0280. The number of anilines is 2. The number of carbonyl (C=O) groups excluding carboxylic acids is 1. The Hall–Kier alpha value is -2.55. The fourth-order valence-electron chi connectivity index (χ4n) is 4.18.